The van der Waals surface area contributed by atoms with Crippen LogP contribution in [0.3, 0.4) is 0 Å². The molecule has 0 bridgehead atoms. The number of benzene rings is 2. The summed E-state index contributed by atoms with van der Waals surface area (Å²) in [4.78, 5) is 28.4. The molecule has 2 aromatic carbocycles. The maximum Gasteiger partial charge on any atom is 0.230 e. The molecule has 1 saturated heterocycles. The number of amides is 1. The highest BCUT2D eigenvalue weighted by Crippen LogP contribution is 2.36. The molecule has 1 unspecified atom stereocenters. The Morgan fingerprint density at radius 3 is 2.24 bits per heavy atom. The molecular formula is C21H22N2O2. The van der Waals surface area contributed by atoms with Gasteiger partial charge in [0.15, 0.2) is 5.78 Å². The van der Waals surface area contributed by atoms with Crippen LogP contribution in [-0.2, 0) is 11.2 Å². The second kappa shape index (κ2) is 6.36. The van der Waals surface area contributed by atoms with Crippen LogP contribution >= 0.6 is 0 Å². The number of hydrogen-bond acceptors (Lipinski definition) is 3. The SMILES string of the molecule is CC(=O)c1ccc(N2CCN(C(=O)C3Cc4ccccc43)CC2)cc1. The summed E-state index contributed by atoms with van der Waals surface area (Å²) in [6.07, 6.45) is 0.877. The first-order chi connectivity index (χ1) is 12.1. The Morgan fingerprint density at radius 1 is 0.920 bits per heavy atom. The van der Waals surface area contributed by atoms with Crippen LogP contribution in [0.2, 0.25) is 0 Å². The number of ketones is 1. The first-order valence-corrected chi connectivity index (χ1v) is 8.86. The number of fused-ring (bicyclic) bond motifs is 1. The third-order valence-electron chi connectivity index (χ3n) is 5.38. The lowest BCUT2D eigenvalue weighted by Crippen LogP contribution is -2.51. The van der Waals surface area contributed by atoms with Gasteiger partial charge < -0.3 is 9.80 Å². The van der Waals surface area contributed by atoms with Crippen LogP contribution < -0.4 is 4.90 Å². The van der Waals surface area contributed by atoms with Crippen molar-refractivity contribution in [1.82, 2.24) is 4.90 Å². The molecule has 2 aromatic rings. The minimum atomic E-state index is 0.0533. The zero-order valence-corrected chi connectivity index (χ0v) is 14.4. The largest absolute Gasteiger partial charge is 0.368 e. The third-order valence-corrected chi connectivity index (χ3v) is 5.38. The molecule has 0 saturated carbocycles. The van der Waals surface area contributed by atoms with E-state index in [1.807, 2.05) is 41.3 Å². The van der Waals surface area contributed by atoms with Crippen LogP contribution in [0, 0.1) is 0 Å². The van der Waals surface area contributed by atoms with Gasteiger partial charge in [0, 0.05) is 37.4 Å². The van der Waals surface area contributed by atoms with Gasteiger partial charge in [0.25, 0.3) is 0 Å². The smallest absolute Gasteiger partial charge is 0.230 e. The van der Waals surface area contributed by atoms with Crippen LogP contribution in [-0.4, -0.2) is 42.8 Å². The second-order valence-corrected chi connectivity index (χ2v) is 6.87. The van der Waals surface area contributed by atoms with E-state index in [-0.39, 0.29) is 17.6 Å². The highest BCUT2D eigenvalue weighted by molar-refractivity contribution is 5.94. The number of Topliss-reactive ketones (excluding diaryl/α,β-unsaturated/α-hetero) is 1. The zero-order chi connectivity index (χ0) is 17.4. The van der Waals surface area contributed by atoms with Crippen molar-refractivity contribution in [2.24, 2.45) is 0 Å². The van der Waals surface area contributed by atoms with Crippen molar-refractivity contribution < 1.29 is 9.59 Å². The summed E-state index contributed by atoms with van der Waals surface area (Å²) in [5.41, 5.74) is 4.37. The van der Waals surface area contributed by atoms with E-state index in [1.54, 1.807) is 6.92 Å². The van der Waals surface area contributed by atoms with Crippen molar-refractivity contribution >= 4 is 17.4 Å². The molecule has 1 fully saturated rings. The number of hydrogen-bond donors (Lipinski definition) is 0. The van der Waals surface area contributed by atoms with E-state index in [9.17, 15) is 9.59 Å². The Kier molecular flexibility index (Phi) is 4.04. The summed E-state index contributed by atoms with van der Waals surface area (Å²) in [6, 6.07) is 16.0. The number of piperazine rings is 1. The van der Waals surface area contributed by atoms with Crippen molar-refractivity contribution in [3.8, 4) is 0 Å². The van der Waals surface area contributed by atoms with E-state index in [0.717, 1.165) is 43.9 Å². The van der Waals surface area contributed by atoms with Crippen molar-refractivity contribution in [3.63, 3.8) is 0 Å². The van der Waals surface area contributed by atoms with Gasteiger partial charge in [-0.2, -0.15) is 0 Å². The van der Waals surface area contributed by atoms with Crippen molar-refractivity contribution in [2.45, 2.75) is 19.3 Å². The van der Waals surface area contributed by atoms with Gasteiger partial charge in [-0.05, 0) is 48.7 Å². The fraction of sp³-hybridized carbons (Fsp3) is 0.333. The number of nitrogens with zero attached hydrogens (tertiary/aromatic N) is 2. The molecule has 25 heavy (non-hydrogen) atoms. The number of carbonyl (C=O) groups is 2. The standard InChI is InChI=1S/C21H22N2O2/c1-15(24)16-6-8-18(9-7-16)22-10-12-23(13-11-22)21(25)20-14-17-4-2-3-5-19(17)20/h2-9,20H,10-14H2,1H3. The van der Waals surface area contributed by atoms with Gasteiger partial charge in [0.05, 0.1) is 5.92 Å². The second-order valence-electron chi connectivity index (χ2n) is 6.87. The highest BCUT2D eigenvalue weighted by Gasteiger charge is 2.35. The predicted molar refractivity (Wildman–Crippen MR) is 98.1 cm³/mol. The maximum atomic E-state index is 12.8. The molecule has 1 aliphatic heterocycles. The average Bonchev–Trinajstić information content (AvgIpc) is 2.63. The lowest BCUT2D eigenvalue weighted by Gasteiger charge is -2.40. The Hall–Kier alpha value is -2.62. The maximum absolute atomic E-state index is 12.8. The lowest BCUT2D eigenvalue weighted by atomic mass is 9.77. The molecule has 128 valence electrons. The molecular weight excluding hydrogens is 312 g/mol. The number of rotatable bonds is 3. The van der Waals surface area contributed by atoms with E-state index >= 15 is 0 Å². The monoisotopic (exact) mass is 334 g/mol. The van der Waals surface area contributed by atoms with Gasteiger partial charge >= 0.3 is 0 Å². The minimum absolute atomic E-state index is 0.0533. The Labute approximate surface area is 148 Å². The molecule has 0 radical (unpaired) electrons. The van der Waals surface area contributed by atoms with Crippen molar-refractivity contribution in [3.05, 3.63) is 65.2 Å². The molecule has 2 aliphatic rings. The normalized spacial score (nSPS) is 19.2. The topological polar surface area (TPSA) is 40.6 Å². The van der Waals surface area contributed by atoms with E-state index in [4.69, 9.17) is 0 Å². The molecule has 1 aliphatic carbocycles. The average molecular weight is 334 g/mol. The molecule has 4 rings (SSSR count). The molecule has 0 aromatic heterocycles. The summed E-state index contributed by atoms with van der Waals surface area (Å²) in [5, 5.41) is 0. The quantitative estimate of drug-likeness (QED) is 0.811. The van der Waals surface area contributed by atoms with Gasteiger partial charge in [-0.15, -0.1) is 0 Å². The van der Waals surface area contributed by atoms with Crippen LogP contribution in [0.4, 0.5) is 5.69 Å². The number of anilines is 1. The highest BCUT2D eigenvalue weighted by atomic mass is 16.2. The summed E-state index contributed by atoms with van der Waals surface area (Å²) in [6.45, 7) is 4.76. The van der Waals surface area contributed by atoms with Gasteiger partial charge in [-0.1, -0.05) is 24.3 Å². The van der Waals surface area contributed by atoms with E-state index < -0.39 is 0 Å². The Balaban J connectivity index is 1.37. The predicted octanol–water partition coefficient (Wildman–Crippen LogP) is 2.88. The minimum Gasteiger partial charge on any atom is -0.368 e. The summed E-state index contributed by atoms with van der Waals surface area (Å²) in [5.74, 6) is 0.408. The lowest BCUT2D eigenvalue weighted by molar-refractivity contribution is -0.133. The Bertz CT molecular complexity index is 805. The van der Waals surface area contributed by atoms with Crippen LogP contribution in [0.25, 0.3) is 0 Å². The molecule has 1 amide bonds. The van der Waals surface area contributed by atoms with Crippen LogP contribution in [0.5, 0.6) is 0 Å². The summed E-state index contributed by atoms with van der Waals surface area (Å²) in [7, 11) is 0. The first-order valence-electron chi connectivity index (χ1n) is 8.86. The van der Waals surface area contributed by atoms with Gasteiger partial charge in [0.1, 0.15) is 0 Å². The zero-order valence-electron chi connectivity index (χ0n) is 14.4. The van der Waals surface area contributed by atoms with Gasteiger partial charge in [-0.3, -0.25) is 9.59 Å². The van der Waals surface area contributed by atoms with E-state index in [0.29, 0.717) is 0 Å². The van der Waals surface area contributed by atoms with Crippen molar-refractivity contribution in [1.29, 1.82) is 0 Å². The number of carbonyl (C=O) groups excluding carboxylic acids is 2. The molecule has 0 spiro atoms. The van der Waals surface area contributed by atoms with Gasteiger partial charge in [0.2, 0.25) is 5.91 Å². The Morgan fingerprint density at radius 2 is 1.60 bits per heavy atom. The molecule has 1 atom stereocenters. The van der Waals surface area contributed by atoms with E-state index in [1.165, 1.54) is 11.1 Å². The van der Waals surface area contributed by atoms with Crippen LogP contribution in [0.15, 0.2) is 48.5 Å². The molecule has 4 heteroatoms. The first kappa shape index (κ1) is 15.9. The molecule has 4 nitrogen and oxygen atoms in total. The van der Waals surface area contributed by atoms with Crippen molar-refractivity contribution in [2.75, 3.05) is 31.1 Å². The molecule has 1 heterocycles. The summed E-state index contributed by atoms with van der Waals surface area (Å²) >= 11 is 0. The fourth-order valence-electron chi connectivity index (χ4n) is 3.79. The third kappa shape index (κ3) is 2.93. The fourth-order valence-corrected chi connectivity index (χ4v) is 3.79. The summed E-state index contributed by atoms with van der Waals surface area (Å²) < 4.78 is 0. The molecule has 0 N–H and O–H groups in total. The van der Waals surface area contributed by atoms with Gasteiger partial charge in [-0.25, -0.2) is 0 Å². The van der Waals surface area contributed by atoms with E-state index in [2.05, 4.69) is 17.0 Å². The van der Waals surface area contributed by atoms with Crippen LogP contribution in [0.1, 0.15) is 34.3 Å².